The number of nitrogens with one attached hydrogen (secondary N) is 3. The Hall–Kier alpha value is -1.57. The van der Waals surface area contributed by atoms with Gasteiger partial charge in [-0.25, -0.2) is 0 Å². The van der Waals surface area contributed by atoms with E-state index in [0.717, 1.165) is 44.0 Å². The molecule has 0 bridgehead atoms. The average Bonchev–Trinajstić information content (AvgIpc) is 2.65. The molecule has 0 aromatic heterocycles. The number of hydrogen-bond acceptors (Lipinski definition) is 5. The van der Waals surface area contributed by atoms with Crippen LogP contribution in [-0.2, 0) is 4.79 Å². The molecule has 3 N–H and O–H groups in total. The van der Waals surface area contributed by atoms with Crippen LogP contribution in [0.4, 0.5) is 0 Å². The van der Waals surface area contributed by atoms with Crippen LogP contribution in [0, 0.1) is 6.92 Å². The van der Waals surface area contributed by atoms with Gasteiger partial charge in [0, 0.05) is 44.8 Å². The van der Waals surface area contributed by atoms with Crippen molar-refractivity contribution in [3.05, 3.63) is 35.4 Å². The molecular formula is C19H30N4O2S. The van der Waals surface area contributed by atoms with Crippen molar-refractivity contribution in [1.82, 2.24) is 20.9 Å². The predicted molar refractivity (Wildman–Crippen MR) is 108 cm³/mol. The van der Waals surface area contributed by atoms with E-state index >= 15 is 0 Å². The normalized spacial score (nSPS) is 16.1. The molecule has 1 aromatic rings. The smallest absolute Gasteiger partial charge is 0.251 e. The van der Waals surface area contributed by atoms with E-state index in [4.69, 9.17) is 0 Å². The number of thioether (sulfide) groups is 1. The molecule has 1 fully saturated rings. The summed E-state index contributed by atoms with van der Waals surface area (Å²) in [4.78, 5) is 27.4. The van der Waals surface area contributed by atoms with Gasteiger partial charge in [0.2, 0.25) is 5.91 Å². The molecule has 26 heavy (non-hydrogen) atoms. The third kappa shape index (κ3) is 6.97. The Morgan fingerprint density at radius 3 is 2.77 bits per heavy atom. The number of hydrogen-bond donors (Lipinski definition) is 3. The summed E-state index contributed by atoms with van der Waals surface area (Å²) in [5, 5.41) is 9.20. The zero-order valence-corrected chi connectivity index (χ0v) is 16.5. The second-order valence-corrected chi connectivity index (χ2v) is 7.55. The quantitative estimate of drug-likeness (QED) is 0.595. The first kappa shape index (κ1) is 20.7. The minimum absolute atomic E-state index is 0.102. The zero-order valence-electron chi connectivity index (χ0n) is 15.7. The lowest BCUT2D eigenvalue weighted by atomic mass is 10.1. The summed E-state index contributed by atoms with van der Waals surface area (Å²) < 4.78 is 0. The first-order valence-corrected chi connectivity index (χ1v) is 10.6. The summed E-state index contributed by atoms with van der Waals surface area (Å²) in [6.45, 7) is 7.41. The molecule has 1 aliphatic heterocycles. The van der Waals surface area contributed by atoms with Crippen molar-refractivity contribution in [3.63, 3.8) is 0 Å². The Bertz CT molecular complexity index is 591. The van der Waals surface area contributed by atoms with E-state index in [1.165, 1.54) is 0 Å². The van der Waals surface area contributed by atoms with Gasteiger partial charge in [-0.3, -0.25) is 14.5 Å². The van der Waals surface area contributed by atoms with E-state index in [9.17, 15) is 9.59 Å². The van der Waals surface area contributed by atoms with Crippen molar-refractivity contribution in [3.8, 4) is 0 Å². The summed E-state index contributed by atoms with van der Waals surface area (Å²) in [7, 11) is 0. The number of benzene rings is 1. The van der Waals surface area contributed by atoms with Crippen molar-refractivity contribution >= 4 is 23.6 Å². The molecular weight excluding hydrogens is 348 g/mol. The van der Waals surface area contributed by atoms with E-state index in [1.54, 1.807) is 17.8 Å². The Morgan fingerprint density at radius 2 is 2.08 bits per heavy atom. The highest BCUT2D eigenvalue weighted by atomic mass is 32.2. The number of carbonyl (C=O) groups is 2. The minimum Gasteiger partial charge on any atom is -0.353 e. The molecule has 0 spiro atoms. The van der Waals surface area contributed by atoms with Gasteiger partial charge in [0.05, 0.1) is 0 Å². The maximum absolute atomic E-state index is 12.6. The molecule has 1 atom stereocenters. The highest BCUT2D eigenvalue weighted by Crippen LogP contribution is 2.06. The summed E-state index contributed by atoms with van der Waals surface area (Å²) in [6.07, 6.45) is 2.62. The Morgan fingerprint density at radius 1 is 1.31 bits per heavy atom. The van der Waals surface area contributed by atoms with Gasteiger partial charge in [-0.1, -0.05) is 17.7 Å². The second-order valence-electron chi connectivity index (χ2n) is 6.56. The van der Waals surface area contributed by atoms with Gasteiger partial charge in [-0.15, -0.1) is 0 Å². The first-order chi connectivity index (χ1) is 12.6. The molecule has 1 saturated heterocycles. The van der Waals surface area contributed by atoms with Crippen molar-refractivity contribution < 1.29 is 9.59 Å². The Kier molecular flexibility index (Phi) is 8.94. The predicted octanol–water partition coefficient (Wildman–Crippen LogP) is 0.868. The average molecular weight is 379 g/mol. The molecule has 0 radical (unpaired) electrons. The third-order valence-electron chi connectivity index (χ3n) is 4.45. The Labute approximate surface area is 160 Å². The Balaban J connectivity index is 1.85. The van der Waals surface area contributed by atoms with Crippen LogP contribution in [0.3, 0.4) is 0 Å². The van der Waals surface area contributed by atoms with Crippen LogP contribution in [0.15, 0.2) is 24.3 Å². The number of aryl methyl sites for hydroxylation is 1. The second kappa shape index (κ2) is 11.2. The third-order valence-corrected chi connectivity index (χ3v) is 5.09. The fraction of sp³-hybridized carbons (Fsp3) is 0.579. The van der Waals surface area contributed by atoms with Crippen LogP contribution in [0.25, 0.3) is 0 Å². The summed E-state index contributed by atoms with van der Waals surface area (Å²) in [5.41, 5.74) is 1.62. The van der Waals surface area contributed by atoms with Crippen molar-refractivity contribution in [2.45, 2.75) is 19.4 Å². The molecule has 1 unspecified atom stereocenters. The van der Waals surface area contributed by atoms with E-state index in [1.807, 2.05) is 31.4 Å². The van der Waals surface area contributed by atoms with Crippen LogP contribution in [0.2, 0.25) is 0 Å². The van der Waals surface area contributed by atoms with Crippen LogP contribution >= 0.6 is 11.8 Å². The zero-order chi connectivity index (χ0) is 18.8. The lowest BCUT2D eigenvalue weighted by Gasteiger charge is -2.27. The summed E-state index contributed by atoms with van der Waals surface area (Å²) in [6, 6.07) is 6.91. The lowest BCUT2D eigenvalue weighted by molar-refractivity contribution is -0.123. The van der Waals surface area contributed by atoms with Crippen LogP contribution < -0.4 is 16.0 Å². The molecule has 1 aliphatic rings. The van der Waals surface area contributed by atoms with Crippen molar-refractivity contribution in [2.24, 2.45) is 0 Å². The summed E-state index contributed by atoms with van der Waals surface area (Å²) >= 11 is 1.67. The highest BCUT2D eigenvalue weighted by molar-refractivity contribution is 7.98. The van der Waals surface area contributed by atoms with Crippen LogP contribution in [0.1, 0.15) is 22.3 Å². The van der Waals surface area contributed by atoms with Crippen LogP contribution in [0.5, 0.6) is 0 Å². The van der Waals surface area contributed by atoms with Crippen molar-refractivity contribution in [1.29, 1.82) is 0 Å². The maximum atomic E-state index is 12.6. The van der Waals surface area contributed by atoms with Gasteiger partial charge in [0.25, 0.3) is 5.91 Å². The topological polar surface area (TPSA) is 73.5 Å². The van der Waals surface area contributed by atoms with Gasteiger partial charge in [-0.2, -0.15) is 11.8 Å². The fourth-order valence-electron chi connectivity index (χ4n) is 2.93. The number of piperazine rings is 1. The minimum atomic E-state index is -0.501. The number of carbonyl (C=O) groups excluding carboxylic acids is 2. The first-order valence-electron chi connectivity index (χ1n) is 9.17. The van der Waals surface area contributed by atoms with Crippen molar-refractivity contribution in [2.75, 3.05) is 51.3 Å². The molecule has 6 nitrogen and oxygen atoms in total. The molecule has 1 heterocycles. The SMILES string of the molecule is CSCCC(NC(=O)c1cccc(C)c1)C(=O)NCCN1CCNCC1. The molecule has 144 valence electrons. The molecule has 2 rings (SSSR count). The number of amides is 2. The van der Waals surface area contributed by atoms with E-state index in [2.05, 4.69) is 20.9 Å². The molecule has 0 saturated carbocycles. The lowest BCUT2D eigenvalue weighted by Crippen LogP contribution is -2.50. The fourth-order valence-corrected chi connectivity index (χ4v) is 3.40. The molecule has 1 aromatic carbocycles. The largest absolute Gasteiger partial charge is 0.353 e. The monoisotopic (exact) mass is 378 g/mol. The maximum Gasteiger partial charge on any atom is 0.251 e. The summed E-state index contributed by atoms with van der Waals surface area (Å²) in [5.74, 6) is 0.525. The van der Waals surface area contributed by atoms with E-state index < -0.39 is 6.04 Å². The van der Waals surface area contributed by atoms with Gasteiger partial charge >= 0.3 is 0 Å². The highest BCUT2D eigenvalue weighted by Gasteiger charge is 2.21. The molecule has 0 aliphatic carbocycles. The van der Waals surface area contributed by atoms with Gasteiger partial charge < -0.3 is 16.0 Å². The van der Waals surface area contributed by atoms with Crippen LogP contribution in [-0.4, -0.2) is 74.0 Å². The number of rotatable bonds is 9. The van der Waals surface area contributed by atoms with Gasteiger partial charge in [0.1, 0.15) is 6.04 Å². The molecule has 2 amide bonds. The van der Waals surface area contributed by atoms with Gasteiger partial charge in [0.15, 0.2) is 0 Å². The standard InChI is InChI=1S/C19H30N4O2S/c1-15-4-3-5-16(14-15)18(24)22-17(6-13-26-2)19(25)21-9-12-23-10-7-20-8-11-23/h3-5,14,17,20H,6-13H2,1-2H3,(H,21,25)(H,22,24). The van der Waals surface area contributed by atoms with E-state index in [-0.39, 0.29) is 11.8 Å². The van der Waals surface area contributed by atoms with E-state index in [0.29, 0.717) is 18.5 Å². The molecule has 7 heteroatoms. The number of nitrogens with zero attached hydrogens (tertiary/aromatic N) is 1. The van der Waals surface area contributed by atoms with Gasteiger partial charge in [-0.05, 0) is 37.5 Å².